The van der Waals surface area contributed by atoms with Crippen molar-refractivity contribution in [1.82, 2.24) is 20.0 Å². The van der Waals surface area contributed by atoms with E-state index in [2.05, 4.69) is 32.4 Å². The topological polar surface area (TPSA) is 61.4 Å². The summed E-state index contributed by atoms with van der Waals surface area (Å²) in [5, 5.41) is 12.4. The molecular weight excluding hydrogens is 262 g/mol. The fraction of sp³-hybridized carbons (Fsp3) is 0.750. The van der Waals surface area contributed by atoms with Crippen molar-refractivity contribution in [1.29, 1.82) is 0 Å². The van der Waals surface area contributed by atoms with Crippen LogP contribution < -0.4 is 5.32 Å². The number of anilines is 1. The van der Waals surface area contributed by atoms with Crippen molar-refractivity contribution in [3.8, 4) is 0 Å². The minimum absolute atomic E-state index is 0.00311. The number of amides is 1. The van der Waals surface area contributed by atoms with Crippen LogP contribution in [-0.4, -0.2) is 65.2 Å². The van der Waals surface area contributed by atoms with Gasteiger partial charge in [0.2, 0.25) is 11.0 Å². The molecule has 1 saturated heterocycles. The molecule has 1 aliphatic rings. The highest BCUT2D eigenvalue weighted by atomic mass is 32.1. The molecule has 2 heterocycles. The molecule has 0 saturated carbocycles. The summed E-state index contributed by atoms with van der Waals surface area (Å²) < 4.78 is 0. The van der Waals surface area contributed by atoms with Gasteiger partial charge in [0.1, 0.15) is 5.01 Å². The smallest absolute Gasteiger partial charge is 0.243 e. The highest BCUT2D eigenvalue weighted by Gasteiger charge is 2.24. The molecule has 0 aliphatic carbocycles. The molecule has 6 nitrogen and oxygen atoms in total. The summed E-state index contributed by atoms with van der Waals surface area (Å²) in [5.41, 5.74) is 0. The number of carbonyl (C=O) groups excluding carboxylic acids is 1. The molecule has 0 radical (unpaired) electrons. The highest BCUT2D eigenvalue weighted by molar-refractivity contribution is 7.15. The summed E-state index contributed by atoms with van der Waals surface area (Å²) >= 11 is 1.44. The third-order valence-electron chi connectivity index (χ3n) is 3.46. The lowest BCUT2D eigenvalue weighted by atomic mass is 10.2. The number of hydrogen-bond acceptors (Lipinski definition) is 6. The average Bonchev–Trinajstić information content (AvgIpc) is 2.86. The molecule has 1 aliphatic heterocycles. The van der Waals surface area contributed by atoms with Crippen molar-refractivity contribution in [2.75, 3.05) is 38.5 Å². The predicted molar refractivity (Wildman–Crippen MR) is 76.4 cm³/mol. The first-order valence-corrected chi connectivity index (χ1v) is 7.47. The molecule has 0 spiro atoms. The van der Waals surface area contributed by atoms with Gasteiger partial charge in [0.15, 0.2) is 0 Å². The monoisotopic (exact) mass is 283 g/mol. The van der Waals surface area contributed by atoms with Crippen LogP contribution in [0.15, 0.2) is 0 Å². The minimum atomic E-state index is -0.123. The second kappa shape index (κ2) is 6.40. The lowest BCUT2D eigenvalue weighted by Gasteiger charge is -2.35. The SMILES string of the molecule is CCc1nnc(NC(=O)C(C)N2CCN(C)CC2)s1. The highest BCUT2D eigenvalue weighted by Crippen LogP contribution is 2.16. The van der Waals surface area contributed by atoms with Gasteiger partial charge < -0.3 is 4.90 Å². The van der Waals surface area contributed by atoms with Gasteiger partial charge in [-0.3, -0.25) is 15.0 Å². The number of nitrogens with zero attached hydrogens (tertiary/aromatic N) is 4. The average molecular weight is 283 g/mol. The molecule has 1 aromatic rings. The summed E-state index contributed by atoms with van der Waals surface area (Å²) in [4.78, 5) is 16.6. The molecule has 0 bridgehead atoms. The van der Waals surface area contributed by atoms with Crippen LogP contribution >= 0.6 is 11.3 Å². The Labute approximate surface area is 117 Å². The number of nitrogens with one attached hydrogen (secondary N) is 1. The third kappa shape index (κ3) is 3.71. The fourth-order valence-electron chi connectivity index (χ4n) is 2.03. The quantitative estimate of drug-likeness (QED) is 0.880. The summed E-state index contributed by atoms with van der Waals surface area (Å²) in [6.45, 7) is 7.86. The molecule has 19 heavy (non-hydrogen) atoms. The number of aromatic nitrogens is 2. The maximum Gasteiger partial charge on any atom is 0.243 e. The van der Waals surface area contributed by atoms with E-state index in [1.165, 1.54) is 11.3 Å². The summed E-state index contributed by atoms with van der Waals surface area (Å²) in [5.74, 6) is 0.00311. The van der Waals surface area contributed by atoms with Gasteiger partial charge in [-0.2, -0.15) is 0 Å². The van der Waals surface area contributed by atoms with Crippen LogP contribution in [0.4, 0.5) is 5.13 Å². The molecule has 2 rings (SSSR count). The van der Waals surface area contributed by atoms with E-state index in [0.717, 1.165) is 37.6 Å². The van der Waals surface area contributed by atoms with Crippen LogP contribution in [0.5, 0.6) is 0 Å². The second-order valence-corrected chi connectivity index (χ2v) is 5.92. The largest absolute Gasteiger partial charge is 0.304 e. The Morgan fingerprint density at radius 1 is 1.37 bits per heavy atom. The van der Waals surface area contributed by atoms with Crippen LogP contribution in [0.1, 0.15) is 18.9 Å². The van der Waals surface area contributed by atoms with E-state index in [1.54, 1.807) is 0 Å². The molecule has 1 unspecified atom stereocenters. The molecule has 1 fully saturated rings. The molecule has 1 amide bonds. The van der Waals surface area contributed by atoms with E-state index in [9.17, 15) is 4.79 Å². The normalized spacial score (nSPS) is 19.3. The lowest BCUT2D eigenvalue weighted by molar-refractivity contribution is -0.121. The van der Waals surface area contributed by atoms with E-state index in [0.29, 0.717) is 5.13 Å². The summed E-state index contributed by atoms with van der Waals surface area (Å²) in [6.07, 6.45) is 0.849. The Kier molecular flexibility index (Phi) is 4.84. The third-order valence-corrected chi connectivity index (χ3v) is 4.45. The molecule has 1 N–H and O–H groups in total. The van der Waals surface area contributed by atoms with Crippen LogP contribution in [0.2, 0.25) is 0 Å². The van der Waals surface area contributed by atoms with Crippen molar-refractivity contribution in [3.63, 3.8) is 0 Å². The van der Waals surface area contributed by atoms with Crippen LogP contribution in [0.25, 0.3) is 0 Å². The zero-order valence-electron chi connectivity index (χ0n) is 11.7. The lowest BCUT2D eigenvalue weighted by Crippen LogP contribution is -2.51. The maximum absolute atomic E-state index is 12.2. The number of hydrogen-bond donors (Lipinski definition) is 1. The van der Waals surface area contributed by atoms with Gasteiger partial charge in [-0.25, -0.2) is 0 Å². The van der Waals surface area contributed by atoms with Crippen LogP contribution in [0.3, 0.4) is 0 Å². The van der Waals surface area contributed by atoms with E-state index in [1.807, 2.05) is 13.8 Å². The number of rotatable bonds is 4. The molecular formula is C12H21N5OS. The van der Waals surface area contributed by atoms with Crippen molar-refractivity contribution in [3.05, 3.63) is 5.01 Å². The van der Waals surface area contributed by atoms with E-state index < -0.39 is 0 Å². The first-order valence-electron chi connectivity index (χ1n) is 6.66. The van der Waals surface area contributed by atoms with Crippen molar-refractivity contribution in [2.24, 2.45) is 0 Å². The summed E-state index contributed by atoms with van der Waals surface area (Å²) in [7, 11) is 2.11. The Morgan fingerprint density at radius 2 is 2.05 bits per heavy atom. The predicted octanol–water partition coefficient (Wildman–Crippen LogP) is 0.675. The summed E-state index contributed by atoms with van der Waals surface area (Å²) in [6, 6.07) is -0.123. The van der Waals surface area contributed by atoms with E-state index in [-0.39, 0.29) is 11.9 Å². The van der Waals surface area contributed by atoms with Gasteiger partial charge in [0, 0.05) is 26.2 Å². The van der Waals surface area contributed by atoms with E-state index in [4.69, 9.17) is 0 Å². The molecule has 1 atom stereocenters. The van der Waals surface area contributed by atoms with Crippen LogP contribution in [0, 0.1) is 0 Å². The Balaban J connectivity index is 1.88. The first-order chi connectivity index (χ1) is 9.10. The van der Waals surface area contributed by atoms with E-state index >= 15 is 0 Å². The zero-order chi connectivity index (χ0) is 13.8. The van der Waals surface area contributed by atoms with Gasteiger partial charge in [0.05, 0.1) is 6.04 Å². The molecule has 7 heteroatoms. The van der Waals surface area contributed by atoms with Crippen molar-refractivity contribution in [2.45, 2.75) is 26.3 Å². The second-order valence-electron chi connectivity index (χ2n) is 4.86. The fourth-order valence-corrected chi connectivity index (χ4v) is 2.71. The van der Waals surface area contributed by atoms with Gasteiger partial charge in [-0.1, -0.05) is 18.3 Å². The minimum Gasteiger partial charge on any atom is -0.304 e. The number of likely N-dealkylation sites (N-methyl/N-ethyl adjacent to an activating group) is 1. The van der Waals surface area contributed by atoms with Gasteiger partial charge in [0.25, 0.3) is 0 Å². The zero-order valence-corrected chi connectivity index (χ0v) is 12.5. The molecule has 106 valence electrons. The Bertz CT molecular complexity index is 428. The van der Waals surface area contributed by atoms with Crippen molar-refractivity contribution < 1.29 is 4.79 Å². The Morgan fingerprint density at radius 3 is 2.63 bits per heavy atom. The number of carbonyl (C=O) groups is 1. The number of aryl methyl sites for hydroxylation is 1. The first kappa shape index (κ1) is 14.4. The maximum atomic E-state index is 12.2. The van der Waals surface area contributed by atoms with Gasteiger partial charge in [-0.05, 0) is 20.4 Å². The van der Waals surface area contributed by atoms with Crippen LogP contribution in [-0.2, 0) is 11.2 Å². The van der Waals surface area contributed by atoms with Crippen molar-refractivity contribution >= 4 is 22.4 Å². The van der Waals surface area contributed by atoms with Gasteiger partial charge in [-0.15, -0.1) is 10.2 Å². The molecule has 1 aromatic heterocycles. The molecule has 0 aromatic carbocycles. The standard InChI is InChI=1S/C12H21N5OS/c1-4-10-14-15-12(19-10)13-11(18)9(2)17-7-5-16(3)6-8-17/h9H,4-8H2,1-3H3,(H,13,15,18). The van der Waals surface area contributed by atoms with Gasteiger partial charge >= 0.3 is 0 Å². The Hall–Kier alpha value is -1.05. The number of piperazine rings is 1.